The summed E-state index contributed by atoms with van der Waals surface area (Å²) in [5.41, 5.74) is 7.66. The number of hydrogen-bond donors (Lipinski definition) is 2. The molecule has 1 aliphatic rings. The van der Waals surface area contributed by atoms with E-state index in [0.717, 1.165) is 18.4 Å². The number of aromatic nitrogens is 1. The Balaban J connectivity index is 1.68. The number of rotatable bonds is 4. The lowest BCUT2D eigenvalue weighted by molar-refractivity contribution is 0.0460. The number of nitrogens with two attached hydrogens (primary N) is 1. The Labute approximate surface area is 116 Å². The quantitative estimate of drug-likeness (QED) is 0.838. The summed E-state index contributed by atoms with van der Waals surface area (Å²) in [5.74, 6) is -0.183. The Morgan fingerprint density at radius 3 is 2.70 bits per heavy atom. The van der Waals surface area contributed by atoms with Crippen LogP contribution in [0.3, 0.4) is 0 Å². The Morgan fingerprint density at radius 2 is 2.05 bits per heavy atom. The van der Waals surface area contributed by atoms with Gasteiger partial charge in [-0.25, -0.2) is 4.79 Å². The van der Waals surface area contributed by atoms with Crippen molar-refractivity contribution in [1.29, 1.82) is 0 Å². The third-order valence-corrected chi connectivity index (χ3v) is 3.33. The Hall–Kier alpha value is -2.43. The van der Waals surface area contributed by atoms with Crippen LogP contribution in [0.15, 0.2) is 36.5 Å². The molecule has 0 unspecified atom stereocenters. The van der Waals surface area contributed by atoms with Crippen molar-refractivity contribution in [3.63, 3.8) is 0 Å². The minimum Gasteiger partial charge on any atom is -0.508 e. The number of phenolic OH excluding ortho intramolecular Hbond substituents is 1. The lowest BCUT2D eigenvalue weighted by atomic mass is 10.2. The number of esters is 1. The fourth-order valence-corrected chi connectivity index (χ4v) is 2.13. The molecule has 1 saturated carbocycles. The highest BCUT2D eigenvalue weighted by Gasteiger charge is 2.28. The van der Waals surface area contributed by atoms with Crippen molar-refractivity contribution in [2.24, 2.45) is 0 Å². The topological polar surface area (TPSA) is 77.5 Å². The summed E-state index contributed by atoms with van der Waals surface area (Å²) in [7, 11) is 0. The summed E-state index contributed by atoms with van der Waals surface area (Å²) < 4.78 is 7.19. The van der Waals surface area contributed by atoms with Crippen LogP contribution < -0.4 is 5.73 Å². The number of carbonyl (C=O) groups is 1. The number of hydrogen-bond acceptors (Lipinski definition) is 4. The highest BCUT2D eigenvalue weighted by atomic mass is 16.5. The predicted molar refractivity (Wildman–Crippen MR) is 74.3 cm³/mol. The largest absolute Gasteiger partial charge is 0.508 e. The summed E-state index contributed by atoms with van der Waals surface area (Å²) in [6.07, 6.45) is 3.94. The van der Waals surface area contributed by atoms with Crippen molar-refractivity contribution in [2.45, 2.75) is 25.5 Å². The first-order chi connectivity index (χ1) is 9.63. The summed E-state index contributed by atoms with van der Waals surface area (Å²) in [6, 6.07) is 8.59. The Kier molecular flexibility index (Phi) is 3.10. The van der Waals surface area contributed by atoms with Crippen LogP contribution in [0.4, 0.5) is 5.69 Å². The first-order valence-electron chi connectivity index (χ1n) is 6.56. The van der Waals surface area contributed by atoms with E-state index in [1.165, 1.54) is 0 Å². The molecule has 1 fully saturated rings. The van der Waals surface area contributed by atoms with E-state index in [9.17, 15) is 9.90 Å². The van der Waals surface area contributed by atoms with Crippen LogP contribution in [0.2, 0.25) is 0 Å². The van der Waals surface area contributed by atoms with Gasteiger partial charge in [0.25, 0.3) is 0 Å². The molecule has 0 aliphatic heterocycles. The van der Waals surface area contributed by atoms with E-state index in [4.69, 9.17) is 10.5 Å². The highest BCUT2D eigenvalue weighted by Crippen LogP contribution is 2.37. The van der Waals surface area contributed by atoms with Gasteiger partial charge >= 0.3 is 5.97 Å². The second-order valence-electron chi connectivity index (χ2n) is 5.04. The lowest BCUT2D eigenvalue weighted by Crippen LogP contribution is -2.11. The monoisotopic (exact) mass is 272 g/mol. The van der Waals surface area contributed by atoms with Gasteiger partial charge in [0.1, 0.15) is 18.1 Å². The van der Waals surface area contributed by atoms with Gasteiger partial charge in [0, 0.05) is 12.2 Å². The van der Waals surface area contributed by atoms with Crippen LogP contribution in [-0.4, -0.2) is 15.6 Å². The normalized spacial score (nSPS) is 14.2. The smallest absolute Gasteiger partial charge is 0.355 e. The fraction of sp³-hybridized carbons (Fsp3) is 0.267. The molecule has 20 heavy (non-hydrogen) atoms. The molecule has 1 aliphatic carbocycles. The SMILES string of the molecule is Nc1cc(C(=O)OCc2ccc(O)cc2)n(C2CC2)c1. The number of benzene rings is 1. The van der Waals surface area contributed by atoms with Crippen molar-refractivity contribution in [3.8, 4) is 5.75 Å². The van der Waals surface area contributed by atoms with E-state index in [2.05, 4.69) is 0 Å². The summed E-state index contributed by atoms with van der Waals surface area (Å²) in [4.78, 5) is 12.1. The van der Waals surface area contributed by atoms with E-state index < -0.39 is 0 Å². The second-order valence-corrected chi connectivity index (χ2v) is 5.04. The van der Waals surface area contributed by atoms with Crippen LogP contribution in [0.25, 0.3) is 0 Å². The standard InChI is InChI=1S/C15H16N2O3/c16-11-7-14(17(8-11)12-3-4-12)15(19)20-9-10-1-5-13(18)6-2-10/h1-2,5-8,12,18H,3-4,9,16H2. The average Bonchev–Trinajstić information content (AvgIpc) is 3.20. The van der Waals surface area contributed by atoms with E-state index in [1.54, 1.807) is 36.5 Å². The summed E-state index contributed by atoms with van der Waals surface area (Å²) in [5, 5.41) is 9.19. The van der Waals surface area contributed by atoms with Crippen molar-refractivity contribution < 1.29 is 14.6 Å². The summed E-state index contributed by atoms with van der Waals surface area (Å²) >= 11 is 0. The number of aromatic hydroxyl groups is 1. The first-order valence-corrected chi connectivity index (χ1v) is 6.56. The number of nitrogens with zero attached hydrogens (tertiary/aromatic N) is 1. The molecule has 3 N–H and O–H groups in total. The van der Waals surface area contributed by atoms with Crippen molar-refractivity contribution in [2.75, 3.05) is 5.73 Å². The van der Waals surface area contributed by atoms with Crippen molar-refractivity contribution in [1.82, 2.24) is 4.57 Å². The molecule has 3 rings (SSSR count). The van der Waals surface area contributed by atoms with Crippen LogP contribution in [0.1, 0.15) is 34.9 Å². The van der Waals surface area contributed by atoms with Crippen molar-refractivity contribution in [3.05, 3.63) is 47.8 Å². The van der Waals surface area contributed by atoms with Gasteiger partial charge in [-0.3, -0.25) is 0 Å². The molecule has 1 heterocycles. The molecular formula is C15H16N2O3. The molecule has 0 bridgehead atoms. The van der Waals surface area contributed by atoms with Gasteiger partial charge in [0.15, 0.2) is 0 Å². The van der Waals surface area contributed by atoms with Crippen LogP contribution in [0.5, 0.6) is 5.75 Å². The minimum absolute atomic E-state index is 0.175. The molecule has 1 aromatic carbocycles. The molecule has 5 nitrogen and oxygen atoms in total. The van der Waals surface area contributed by atoms with Crippen molar-refractivity contribution >= 4 is 11.7 Å². The van der Waals surface area contributed by atoms with Gasteiger partial charge in [0.2, 0.25) is 0 Å². The van der Waals surface area contributed by atoms with E-state index in [-0.39, 0.29) is 18.3 Å². The second kappa shape index (κ2) is 4.92. The van der Waals surface area contributed by atoms with Gasteiger partial charge < -0.3 is 20.1 Å². The number of phenols is 1. The van der Waals surface area contributed by atoms with Gasteiger partial charge in [-0.05, 0) is 36.6 Å². The molecule has 0 atom stereocenters. The molecule has 0 spiro atoms. The van der Waals surface area contributed by atoms with Gasteiger partial charge in [-0.15, -0.1) is 0 Å². The van der Waals surface area contributed by atoms with E-state index in [0.29, 0.717) is 17.4 Å². The van der Waals surface area contributed by atoms with E-state index in [1.807, 2.05) is 4.57 Å². The Bertz CT molecular complexity index is 627. The zero-order valence-electron chi connectivity index (χ0n) is 11.0. The van der Waals surface area contributed by atoms with Gasteiger partial charge in [-0.2, -0.15) is 0 Å². The fourth-order valence-electron chi connectivity index (χ4n) is 2.13. The molecule has 2 aromatic rings. The van der Waals surface area contributed by atoms with E-state index >= 15 is 0 Å². The third-order valence-electron chi connectivity index (χ3n) is 3.33. The molecule has 0 amide bonds. The Morgan fingerprint density at radius 1 is 1.35 bits per heavy atom. The molecule has 5 heteroatoms. The van der Waals surface area contributed by atoms with Crippen LogP contribution in [-0.2, 0) is 11.3 Å². The average molecular weight is 272 g/mol. The first kappa shape index (κ1) is 12.6. The van der Waals surface area contributed by atoms with Crippen LogP contribution >= 0.6 is 0 Å². The third kappa shape index (κ3) is 2.61. The number of carbonyl (C=O) groups excluding carboxylic acids is 1. The number of ether oxygens (including phenoxy) is 1. The predicted octanol–water partition coefficient (Wildman–Crippen LogP) is 2.47. The van der Waals surface area contributed by atoms with Crippen LogP contribution in [0, 0.1) is 0 Å². The highest BCUT2D eigenvalue weighted by molar-refractivity contribution is 5.89. The lowest BCUT2D eigenvalue weighted by Gasteiger charge is -2.08. The van der Waals surface area contributed by atoms with Gasteiger partial charge in [-0.1, -0.05) is 12.1 Å². The zero-order valence-corrected chi connectivity index (χ0v) is 11.0. The minimum atomic E-state index is -0.373. The number of anilines is 1. The molecule has 104 valence electrons. The zero-order chi connectivity index (χ0) is 14.1. The number of nitrogen functional groups attached to an aromatic ring is 1. The molecule has 0 saturated heterocycles. The van der Waals surface area contributed by atoms with Gasteiger partial charge in [0.05, 0.1) is 5.69 Å². The summed E-state index contributed by atoms with van der Waals surface area (Å²) in [6.45, 7) is 0.175. The maximum atomic E-state index is 12.1. The maximum Gasteiger partial charge on any atom is 0.355 e. The molecule has 0 radical (unpaired) electrons. The molecule has 1 aromatic heterocycles. The molecular weight excluding hydrogens is 256 g/mol. The maximum absolute atomic E-state index is 12.1.